The summed E-state index contributed by atoms with van der Waals surface area (Å²) in [4.78, 5) is 21.2. The van der Waals surface area contributed by atoms with Crippen LogP contribution in [0.25, 0.3) is 16.6 Å². The number of hydrogen-bond acceptors (Lipinski definition) is 6. The zero-order valence-electron chi connectivity index (χ0n) is 16.1. The van der Waals surface area contributed by atoms with Crippen molar-refractivity contribution >= 4 is 28.2 Å². The van der Waals surface area contributed by atoms with Gasteiger partial charge in [-0.05, 0) is 43.4 Å². The minimum Gasteiger partial charge on any atom is -0.509 e. The molecule has 0 aliphatic carbocycles. The van der Waals surface area contributed by atoms with Crippen LogP contribution in [-0.4, -0.2) is 53.1 Å². The van der Waals surface area contributed by atoms with E-state index < -0.39 is 0 Å². The number of benzene rings is 2. The Labute approximate surface area is 168 Å². The van der Waals surface area contributed by atoms with E-state index in [1.54, 1.807) is 43.3 Å². The molecule has 3 N–H and O–H groups in total. The summed E-state index contributed by atoms with van der Waals surface area (Å²) < 4.78 is 5.08. The quantitative estimate of drug-likeness (QED) is 0.421. The Hall–Kier alpha value is -3.83. The number of para-hydroxylation sites is 2. The molecule has 3 aromatic rings. The minimum absolute atomic E-state index is 0.0238. The number of aliphatic hydroxyl groups excluding tert-OH is 1. The van der Waals surface area contributed by atoms with Crippen LogP contribution in [0.5, 0.6) is 5.75 Å². The van der Waals surface area contributed by atoms with Crippen molar-refractivity contribution in [3.63, 3.8) is 0 Å². The molecule has 0 spiro atoms. The standard InChI is InChI=1S/C21H21N5O3/c1-26(13-20(28)23-14-7-9-15(29-2)10-8-14)12-19(27)16(11-22)21-24-17-5-3-4-6-18(17)25-21/h3-10,27H,12-13H2,1-2H3,(H,23,28)(H,24,25)/b19-16-. The number of nitriles is 1. The molecule has 3 rings (SSSR count). The van der Waals surface area contributed by atoms with Crippen LogP contribution >= 0.6 is 0 Å². The minimum atomic E-state index is -0.243. The van der Waals surface area contributed by atoms with Gasteiger partial charge in [0.25, 0.3) is 0 Å². The van der Waals surface area contributed by atoms with Crippen molar-refractivity contribution in [1.29, 1.82) is 5.26 Å². The van der Waals surface area contributed by atoms with E-state index in [0.29, 0.717) is 22.8 Å². The highest BCUT2D eigenvalue weighted by Gasteiger charge is 2.16. The molecule has 8 nitrogen and oxygen atoms in total. The number of H-pyrrole nitrogens is 1. The van der Waals surface area contributed by atoms with Gasteiger partial charge in [-0.1, -0.05) is 12.1 Å². The van der Waals surface area contributed by atoms with E-state index >= 15 is 0 Å². The highest BCUT2D eigenvalue weighted by atomic mass is 16.5. The summed E-state index contributed by atoms with van der Waals surface area (Å²) in [5.74, 6) is 0.589. The predicted octanol–water partition coefficient (Wildman–Crippen LogP) is 2.93. The molecule has 1 amide bonds. The second kappa shape index (κ2) is 8.91. The van der Waals surface area contributed by atoms with E-state index in [1.165, 1.54) is 0 Å². The number of aromatic amines is 1. The summed E-state index contributed by atoms with van der Waals surface area (Å²) in [7, 11) is 3.25. The number of aliphatic hydroxyl groups is 1. The van der Waals surface area contributed by atoms with Gasteiger partial charge >= 0.3 is 0 Å². The molecular weight excluding hydrogens is 370 g/mol. The molecule has 0 unspecified atom stereocenters. The lowest BCUT2D eigenvalue weighted by molar-refractivity contribution is -0.117. The lowest BCUT2D eigenvalue weighted by Crippen LogP contribution is -2.31. The molecule has 0 radical (unpaired) electrons. The van der Waals surface area contributed by atoms with Crippen LogP contribution in [0.15, 0.2) is 54.3 Å². The first-order valence-corrected chi connectivity index (χ1v) is 8.90. The molecule has 2 aromatic carbocycles. The van der Waals surface area contributed by atoms with Crippen molar-refractivity contribution in [3.05, 3.63) is 60.1 Å². The SMILES string of the molecule is COc1ccc(NC(=O)CN(C)C/C(O)=C(\C#N)c2nc3ccccc3[nH]2)cc1. The number of anilines is 1. The lowest BCUT2D eigenvalue weighted by atomic mass is 10.2. The number of hydrogen-bond donors (Lipinski definition) is 3. The summed E-state index contributed by atoms with van der Waals surface area (Å²) in [6, 6.07) is 16.3. The molecule has 8 heteroatoms. The molecule has 148 valence electrons. The third-order valence-corrected chi connectivity index (χ3v) is 4.23. The molecule has 29 heavy (non-hydrogen) atoms. The van der Waals surface area contributed by atoms with Crippen molar-refractivity contribution in [2.75, 3.05) is 32.6 Å². The maximum atomic E-state index is 12.2. The predicted molar refractivity (Wildman–Crippen MR) is 110 cm³/mol. The highest BCUT2D eigenvalue weighted by molar-refractivity contribution is 5.92. The van der Waals surface area contributed by atoms with Gasteiger partial charge in [-0.25, -0.2) is 4.98 Å². The lowest BCUT2D eigenvalue weighted by Gasteiger charge is -2.16. The zero-order chi connectivity index (χ0) is 20.8. The number of imidazole rings is 1. The molecule has 0 saturated carbocycles. The van der Waals surface area contributed by atoms with Crippen molar-refractivity contribution in [1.82, 2.24) is 14.9 Å². The van der Waals surface area contributed by atoms with Crippen molar-refractivity contribution in [2.24, 2.45) is 0 Å². The second-order valence-electron chi connectivity index (χ2n) is 6.49. The van der Waals surface area contributed by atoms with Gasteiger partial charge in [-0.15, -0.1) is 0 Å². The summed E-state index contributed by atoms with van der Waals surface area (Å²) in [6.07, 6.45) is 0. The number of likely N-dealkylation sites (N-methyl/N-ethyl adjacent to an activating group) is 1. The normalized spacial score (nSPS) is 11.8. The van der Waals surface area contributed by atoms with Crippen LogP contribution < -0.4 is 10.1 Å². The largest absolute Gasteiger partial charge is 0.509 e. The molecule has 1 heterocycles. The third-order valence-electron chi connectivity index (χ3n) is 4.23. The van der Waals surface area contributed by atoms with Crippen LogP contribution in [0.3, 0.4) is 0 Å². The number of nitrogens with one attached hydrogen (secondary N) is 2. The van der Waals surface area contributed by atoms with E-state index in [4.69, 9.17) is 4.74 Å². The van der Waals surface area contributed by atoms with E-state index in [9.17, 15) is 15.2 Å². The van der Waals surface area contributed by atoms with Gasteiger partial charge in [0.1, 0.15) is 23.2 Å². The Morgan fingerprint density at radius 3 is 2.62 bits per heavy atom. The summed E-state index contributed by atoms with van der Waals surface area (Å²) in [5, 5.41) is 22.7. The van der Waals surface area contributed by atoms with Crippen molar-refractivity contribution in [2.45, 2.75) is 0 Å². The zero-order valence-corrected chi connectivity index (χ0v) is 16.1. The average molecular weight is 391 g/mol. The van der Waals surface area contributed by atoms with Gasteiger partial charge in [0.05, 0.1) is 31.2 Å². The van der Waals surface area contributed by atoms with Crippen LogP contribution in [-0.2, 0) is 4.79 Å². The number of fused-ring (bicyclic) bond motifs is 1. The van der Waals surface area contributed by atoms with Crippen molar-refractivity contribution in [3.8, 4) is 11.8 Å². The number of allylic oxidation sites excluding steroid dienone is 1. The van der Waals surface area contributed by atoms with Gasteiger partial charge in [0.2, 0.25) is 5.91 Å². The number of amides is 1. The Kier molecular flexibility index (Phi) is 6.12. The number of rotatable bonds is 7. The Morgan fingerprint density at radius 1 is 1.24 bits per heavy atom. The fourth-order valence-corrected chi connectivity index (χ4v) is 2.84. The van der Waals surface area contributed by atoms with Crippen LogP contribution in [0, 0.1) is 11.3 Å². The van der Waals surface area contributed by atoms with Crippen LogP contribution in [0.1, 0.15) is 5.82 Å². The number of methoxy groups -OCH3 is 1. The molecular formula is C21H21N5O3. The number of carbonyl (C=O) groups is 1. The van der Waals surface area contributed by atoms with E-state index in [2.05, 4.69) is 15.3 Å². The maximum Gasteiger partial charge on any atom is 0.238 e. The number of aromatic nitrogens is 2. The van der Waals surface area contributed by atoms with Gasteiger partial charge in [-0.3, -0.25) is 9.69 Å². The maximum absolute atomic E-state index is 12.2. The Balaban J connectivity index is 1.65. The fraction of sp³-hybridized carbons (Fsp3) is 0.190. The molecule has 0 fully saturated rings. The van der Waals surface area contributed by atoms with Gasteiger partial charge < -0.3 is 20.1 Å². The van der Waals surface area contributed by atoms with Crippen molar-refractivity contribution < 1.29 is 14.6 Å². The fourth-order valence-electron chi connectivity index (χ4n) is 2.84. The number of carbonyl (C=O) groups excluding carboxylic acids is 1. The van der Waals surface area contributed by atoms with E-state index in [-0.39, 0.29) is 30.3 Å². The van der Waals surface area contributed by atoms with Gasteiger partial charge in [-0.2, -0.15) is 5.26 Å². The monoisotopic (exact) mass is 391 g/mol. The van der Waals surface area contributed by atoms with E-state index in [0.717, 1.165) is 5.52 Å². The molecule has 1 aromatic heterocycles. The van der Waals surface area contributed by atoms with E-state index in [1.807, 2.05) is 30.3 Å². The molecule has 0 aliphatic rings. The summed E-state index contributed by atoms with van der Waals surface area (Å²) in [6.45, 7) is 0.0604. The molecule has 0 saturated heterocycles. The van der Waals surface area contributed by atoms with Crippen LogP contribution in [0.2, 0.25) is 0 Å². The molecule has 0 bridgehead atoms. The highest BCUT2D eigenvalue weighted by Crippen LogP contribution is 2.19. The second-order valence-corrected chi connectivity index (χ2v) is 6.49. The molecule has 0 atom stereocenters. The average Bonchev–Trinajstić information content (AvgIpc) is 3.12. The summed E-state index contributed by atoms with van der Waals surface area (Å²) in [5.41, 5.74) is 2.16. The third kappa shape index (κ3) is 4.91. The number of nitrogens with zero attached hydrogens (tertiary/aromatic N) is 3. The summed E-state index contributed by atoms with van der Waals surface area (Å²) >= 11 is 0. The smallest absolute Gasteiger partial charge is 0.238 e. The first-order valence-electron chi connectivity index (χ1n) is 8.90. The first kappa shape index (κ1) is 19.9. The number of ether oxygens (including phenoxy) is 1. The van der Waals surface area contributed by atoms with Gasteiger partial charge in [0.15, 0.2) is 5.82 Å². The topological polar surface area (TPSA) is 114 Å². The Morgan fingerprint density at radius 2 is 1.97 bits per heavy atom. The van der Waals surface area contributed by atoms with Gasteiger partial charge in [0, 0.05) is 5.69 Å². The molecule has 0 aliphatic heterocycles. The Bertz CT molecular complexity index is 1050. The first-order chi connectivity index (χ1) is 14.0. The van der Waals surface area contributed by atoms with Crippen LogP contribution in [0.4, 0.5) is 5.69 Å².